The SMILES string of the molecule is Cc1ncc(C(F)(F)F)c(-n2nc(C)c3cc(C#N)ccc32)n1. The molecule has 0 saturated carbocycles. The topological polar surface area (TPSA) is 67.4 Å². The van der Waals surface area contributed by atoms with Gasteiger partial charge in [0.15, 0.2) is 5.82 Å². The van der Waals surface area contributed by atoms with E-state index in [2.05, 4.69) is 15.1 Å². The summed E-state index contributed by atoms with van der Waals surface area (Å²) in [6.07, 6.45) is -3.84. The molecule has 0 radical (unpaired) electrons. The van der Waals surface area contributed by atoms with E-state index < -0.39 is 11.7 Å². The number of benzene rings is 1. The summed E-state index contributed by atoms with van der Waals surface area (Å²) in [6.45, 7) is 3.18. The third-order valence-electron chi connectivity index (χ3n) is 3.39. The molecule has 0 atom stereocenters. The van der Waals surface area contributed by atoms with E-state index in [0.717, 1.165) is 10.9 Å². The van der Waals surface area contributed by atoms with Crippen LogP contribution in [-0.4, -0.2) is 19.7 Å². The van der Waals surface area contributed by atoms with Crippen LogP contribution in [0.4, 0.5) is 13.2 Å². The molecule has 23 heavy (non-hydrogen) atoms. The number of fused-ring (bicyclic) bond motifs is 1. The lowest BCUT2D eigenvalue weighted by Crippen LogP contribution is -2.15. The molecule has 0 spiro atoms. The van der Waals surface area contributed by atoms with E-state index in [1.807, 2.05) is 6.07 Å². The van der Waals surface area contributed by atoms with Crippen molar-refractivity contribution in [1.29, 1.82) is 5.26 Å². The van der Waals surface area contributed by atoms with Crippen LogP contribution < -0.4 is 0 Å². The van der Waals surface area contributed by atoms with Crippen LogP contribution in [0, 0.1) is 25.2 Å². The van der Waals surface area contributed by atoms with Crippen molar-refractivity contribution in [3.63, 3.8) is 0 Å². The van der Waals surface area contributed by atoms with Gasteiger partial charge in [-0.15, -0.1) is 0 Å². The normalized spacial score (nSPS) is 11.7. The first kappa shape index (κ1) is 15.0. The second-order valence-electron chi connectivity index (χ2n) is 4.99. The highest BCUT2D eigenvalue weighted by atomic mass is 19.4. The molecule has 3 aromatic rings. The molecule has 0 unspecified atom stereocenters. The van der Waals surface area contributed by atoms with Crippen molar-refractivity contribution in [3.8, 4) is 11.9 Å². The van der Waals surface area contributed by atoms with Gasteiger partial charge in [0.25, 0.3) is 0 Å². The van der Waals surface area contributed by atoms with Crippen molar-refractivity contribution in [2.45, 2.75) is 20.0 Å². The Kier molecular flexibility index (Phi) is 3.29. The van der Waals surface area contributed by atoms with E-state index in [1.54, 1.807) is 19.1 Å². The van der Waals surface area contributed by atoms with Gasteiger partial charge in [0.1, 0.15) is 11.4 Å². The first-order valence-corrected chi connectivity index (χ1v) is 6.62. The van der Waals surface area contributed by atoms with E-state index in [1.165, 1.54) is 13.0 Å². The number of aromatic nitrogens is 4. The predicted octanol–water partition coefficient (Wildman–Crippen LogP) is 3.32. The molecule has 0 aliphatic rings. The van der Waals surface area contributed by atoms with Crippen molar-refractivity contribution in [1.82, 2.24) is 19.7 Å². The highest BCUT2D eigenvalue weighted by Gasteiger charge is 2.36. The van der Waals surface area contributed by atoms with Crippen molar-refractivity contribution in [3.05, 3.63) is 47.0 Å². The molecule has 2 heterocycles. The summed E-state index contributed by atoms with van der Waals surface area (Å²) in [5, 5.41) is 13.7. The summed E-state index contributed by atoms with van der Waals surface area (Å²) >= 11 is 0. The van der Waals surface area contributed by atoms with Gasteiger partial charge in [-0.3, -0.25) is 0 Å². The molecule has 116 valence electrons. The van der Waals surface area contributed by atoms with E-state index >= 15 is 0 Å². The largest absolute Gasteiger partial charge is 0.421 e. The number of halogens is 3. The molecule has 1 aromatic carbocycles. The average molecular weight is 317 g/mol. The van der Waals surface area contributed by atoms with Crippen LogP contribution in [0.25, 0.3) is 16.7 Å². The van der Waals surface area contributed by atoms with Gasteiger partial charge in [0.2, 0.25) is 0 Å². The minimum atomic E-state index is -4.60. The highest BCUT2D eigenvalue weighted by molar-refractivity contribution is 5.84. The van der Waals surface area contributed by atoms with Gasteiger partial charge in [-0.2, -0.15) is 23.5 Å². The quantitative estimate of drug-likeness (QED) is 0.690. The molecule has 5 nitrogen and oxygen atoms in total. The number of aryl methyl sites for hydroxylation is 2. The van der Waals surface area contributed by atoms with Crippen LogP contribution in [0.5, 0.6) is 0 Å². The molecule has 2 aromatic heterocycles. The molecule has 0 aliphatic heterocycles. The van der Waals surface area contributed by atoms with Crippen molar-refractivity contribution < 1.29 is 13.2 Å². The lowest BCUT2D eigenvalue weighted by molar-refractivity contribution is -0.138. The van der Waals surface area contributed by atoms with Gasteiger partial charge in [-0.05, 0) is 32.0 Å². The Morgan fingerprint density at radius 1 is 1.22 bits per heavy atom. The Bertz CT molecular complexity index is 950. The van der Waals surface area contributed by atoms with Gasteiger partial charge >= 0.3 is 6.18 Å². The van der Waals surface area contributed by atoms with Gasteiger partial charge in [-0.1, -0.05) is 0 Å². The summed E-state index contributed by atoms with van der Waals surface area (Å²) in [4.78, 5) is 7.55. The number of hydrogen-bond acceptors (Lipinski definition) is 4. The fourth-order valence-corrected chi connectivity index (χ4v) is 2.32. The lowest BCUT2D eigenvalue weighted by atomic mass is 10.1. The predicted molar refractivity (Wildman–Crippen MR) is 75.9 cm³/mol. The highest BCUT2D eigenvalue weighted by Crippen LogP contribution is 2.34. The van der Waals surface area contributed by atoms with Crippen LogP contribution in [0.3, 0.4) is 0 Å². The van der Waals surface area contributed by atoms with E-state index in [4.69, 9.17) is 5.26 Å². The molecular formula is C15H10F3N5. The van der Waals surface area contributed by atoms with E-state index in [9.17, 15) is 13.2 Å². The van der Waals surface area contributed by atoms with Crippen molar-refractivity contribution in [2.24, 2.45) is 0 Å². The lowest BCUT2D eigenvalue weighted by Gasteiger charge is -2.12. The molecule has 0 fully saturated rings. The first-order chi connectivity index (χ1) is 10.8. The number of rotatable bonds is 1. The van der Waals surface area contributed by atoms with Gasteiger partial charge < -0.3 is 0 Å². The molecule has 8 heteroatoms. The average Bonchev–Trinajstić information content (AvgIpc) is 2.82. The zero-order valence-electron chi connectivity index (χ0n) is 12.2. The summed E-state index contributed by atoms with van der Waals surface area (Å²) in [7, 11) is 0. The minimum absolute atomic E-state index is 0.211. The Labute approximate surface area is 129 Å². The maximum atomic E-state index is 13.2. The standard InChI is InChI=1S/C15H10F3N5/c1-8-11-5-10(6-19)3-4-13(11)23(22-8)14-12(15(16,17)18)7-20-9(2)21-14/h3-5,7H,1-2H3. The maximum Gasteiger partial charge on any atom is 0.421 e. The van der Waals surface area contributed by atoms with Crippen LogP contribution in [0.2, 0.25) is 0 Å². The fraction of sp³-hybridized carbons (Fsp3) is 0.200. The maximum absolute atomic E-state index is 13.2. The van der Waals surface area contributed by atoms with E-state index in [-0.39, 0.29) is 11.6 Å². The summed E-state index contributed by atoms with van der Waals surface area (Å²) in [5.74, 6) is -0.115. The number of nitriles is 1. The molecule has 3 rings (SSSR count). The number of hydrogen-bond donors (Lipinski definition) is 0. The van der Waals surface area contributed by atoms with Crippen LogP contribution >= 0.6 is 0 Å². The van der Waals surface area contributed by atoms with Crippen LogP contribution in [-0.2, 0) is 6.18 Å². The Hall–Kier alpha value is -2.95. The first-order valence-electron chi connectivity index (χ1n) is 6.62. The van der Waals surface area contributed by atoms with Gasteiger partial charge in [0, 0.05) is 11.6 Å². The Balaban J connectivity index is 2.34. The van der Waals surface area contributed by atoms with E-state index in [0.29, 0.717) is 22.2 Å². The minimum Gasteiger partial charge on any atom is -0.241 e. The van der Waals surface area contributed by atoms with Crippen LogP contribution in [0.1, 0.15) is 22.6 Å². The summed E-state index contributed by atoms with van der Waals surface area (Å²) in [6, 6.07) is 6.68. The van der Waals surface area contributed by atoms with Crippen LogP contribution in [0.15, 0.2) is 24.4 Å². The summed E-state index contributed by atoms with van der Waals surface area (Å²) < 4.78 is 40.8. The third kappa shape index (κ3) is 2.50. The Morgan fingerprint density at radius 3 is 2.61 bits per heavy atom. The second-order valence-corrected chi connectivity index (χ2v) is 4.99. The monoisotopic (exact) mass is 317 g/mol. The fourth-order valence-electron chi connectivity index (χ4n) is 2.32. The zero-order chi connectivity index (χ0) is 16.8. The molecule has 0 saturated heterocycles. The smallest absolute Gasteiger partial charge is 0.241 e. The third-order valence-corrected chi connectivity index (χ3v) is 3.39. The van der Waals surface area contributed by atoms with Crippen molar-refractivity contribution >= 4 is 10.9 Å². The number of nitrogens with zero attached hydrogens (tertiary/aromatic N) is 5. The molecule has 0 N–H and O–H groups in total. The molecule has 0 aliphatic carbocycles. The summed E-state index contributed by atoms with van der Waals surface area (Å²) in [5.41, 5.74) is 0.415. The molecule has 0 amide bonds. The van der Waals surface area contributed by atoms with Gasteiger partial charge in [0.05, 0.1) is 22.8 Å². The number of alkyl halides is 3. The molecule has 0 bridgehead atoms. The zero-order valence-corrected chi connectivity index (χ0v) is 12.2. The molecular weight excluding hydrogens is 307 g/mol. The Morgan fingerprint density at radius 2 is 1.96 bits per heavy atom. The van der Waals surface area contributed by atoms with Crippen molar-refractivity contribution in [2.75, 3.05) is 0 Å². The second kappa shape index (κ2) is 5.05. The van der Waals surface area contributed by atoms with Gasteiger partial charge in [-0.25, -0.2) is 14.6 Å².